The van der Waals surface area contributed by atoms with Crippen LogP contribution < -0.4 is 0 Å². The Labute approximate surface area is 98.2 Å². The van der Waals surface area contributed by atoms with Crippen molar-refractivity contribution in [1.82, 2.24) is 9.97 Å². The molecule has 0 saturated carbocycles. The van der Waals surface area contributed by atoms with Crippen molar-refractivity contribution in [2.75, 3.05) is 0 Å². The number of alkyl halides is 4. The standard InChI is InChI=1S/C10H5ClF4N2/c11-4-8-16-7-3-5(12)1-2-6(7)9(17-8)10(13,14)15/h1-3H,4H2. The molecule has 0 fully saturated rings. The molecule has 2 rings (SSSR count). The Bertz CT molecular complexity index is 568. The van der Waals surface area contributed by atoms with Crippen molar-refractivity contribution >= 4 is 22.5 Å². The molecule has 1 heterocycles. The second kappa shape index (κ2) is 4.10. The minimum absolute atomic E-state index is 0.108. The van der Waals surface area contributed by atoms with Gasteiger partial charge in [-0.05, 0) is 12.1 Å². The highest BCUT2D eigenvalue weighted by Crippen LogP contribution is 2.33. The minimum atomic E-state index is -4.63. The van der Waals surface area contributed by atoms with Crippen molar-refractivity contribution in [3.8, 4) is 0 Å². The van der Waals surface area contributed by atoms with Crippen LogP contribution in [-0.4, -0.2) is 9.97 Å². The fraction of sp³-hybridized carbons (Fsp3) is 0.200. The first-order chi connectivity index (χ1) is 7.91. The van der Waals surface area contributed by atoms with Gasteiger partial charge in [0, 0.05) is 11.5 Å². The zero-order valence-corrected chi connectivity index (χ0v) is 8.98. The van der Waals surface area contributed by atoms with Crippen LogP contribution in [0.2, 0.25) is 0 Å². The van der Waals surface area contributed by atoms with E-state index >= 15 is 0 Å². The summed E-state index contributed by atoms with van der Waals surface area (Å²) in [6.07, 6.45) is -4.63. The number of hydrogen-bond acceptors (Lipinski definition) is 2. The van der Waals surface area contributed by atoms with E-state index in [1.165, 1.54) is 0 Å². The molecule has 1 aromatic heterocycles. The number of hydrogen-bond donors (Lipinski definition) is 0. The largest absolute Gasteiger partial charge is 0.434 e. The van der Waals surface area contributed by atoms with Gasteiger partial charge >= 0.3 is 6.18 Å². The molecular weight excluding hydrogens is 260 g/mol. The highest BCUT2D eigenvalue weighted by Gasteiger charge is 2.35. The molecule has 0 aliphatic heterocycles. The predicted molar refractivity (Wildman–Crippen MR) is 54.1 cm³/mol. The Hall–Kier alpha value is -1.43. The van der Waals surface area contributed by atoms with Gasteiger partial charge in [0.25, 0.3) is 0 Å². The molecular formula is C10H5ClF4N2. The van der Waals surface area contributed by atoms with Crippen LogP contribution in [0, 0.1) is 5.82 Å². The summed E-state index contributed by atoms with van der Waals surface area (Å²) in [6, 6.07) is 2.86. The molecule has 0 atom stereocenters. The van der Waals surface area contributed by atoms with Gasteiger partial charge in [-0.2, -0.15) is 13.2 Å². The van der Waals surface area contributed by atoms with Gasteiger partial charge in [-0.3, -0.25) is 0 Å². The summed E-state index contributed by atoms with van der Waals surface area (Å²) in [6.45, 7) is 0. The Morgan fingerprint density at radius 1 is 1.18 bits per heavy atom. The Balaban J connectivity index is 2.81. The lowest BCUT2D eigenvalue weighted by Gasteiger charge is -2.10. The maximum Gasteiger partial charge on any atom is 0.434 e. The normalized spacial score (nSPS) is 12.1. The molecule has 90 valence electrons. The first kappa shape index (κ1) is 12.0. The molecule has 7 heteroatoms. The van der Waals surface area contributed by atoms with Crippen molar-refractivity contribution in [1.29, 1.82) is 0 Å². The first-order valence-electron chi connectivity index (χ1n) is 4.51. The van der Waals surface area contributed by atoms with Gasteiger partial charge in [-0.15, -0.1) is 11.6 Å². The summed E-state index contributed by atoms with van der Waals surface area (Å²) in [4.78, 5) is 7.08. The monoisotopic (exact) mass is 264 g/mol. The van der Waals surface area contributed by atoms with Crippen LogP contribution in [0.5, 0.6) is 0 Å². The van der Waals surface area contributed by atoms with Gasteiger partial charge in [0.1, 0.15) is 11.6 Å². The number of halogens is 5. The number of benzene rings is 1. The zero-order valence-electron chi connectivity index (χ0n) is 8.22. The van der Waals surface area contributed by atoms with E-state index in [1.54, 1.807) is 0 Å². The van der Waals surface area contributed by atoms with E-state index < -0.39 is 17.7 Å². The molecule has 2 nitrogen and oxygen atoms in total. The lowest BCUT2D eigenvalue weighted by atomic mass is 10.1. The lowest BCUT2D eigenvalue weighted by molar-refractivity contribution is -0.139. The Kier molecular flexibility index (Phi) is 2.91. The van der Waals surface area contributed by atoms with Crippen molar-refractivity contribution in [3.05, 3.63) is 35.5 Å². The van der Waals surface area contributed by atoms with Gasteiger partial charge in [-0.1, -0.05) is 0 Å². The Morgan fingerprint density at radius 2 is 1.88 bits per heavy atom. The Morgan fingerprint density at radius 3 is 2.47 bits per heavy atom. The van der Waals surface area contributed by atoms with Crippen molar-refractivity contribution in [2.24, 2.45) is 0 Å². The molecule has 0 spiro atoms. The number of rotatable bonds is 1. The fourth-order valence-corrected chi connectivity index (χ4v) is 1.55. The van der Waals surface area contributed by atoms with E-state index in [-0.39, 0.29) is 22.6 Å². The van der Waals surface area contributed by atoms with Gasteiger partial charge in [0.05, 0.1) is 11.4 Å². The topological polar surface area (TPSA) is 25.8 Å². The van der Waals surface area contributed by atoms with Crippen molar-refractivity contribution in [2.45, 2.75) is 12.1 Å². The van der Waals surface area contributed by atoms with Crippen molar-refractivity contribution in [3.63, 3.8) is 0 Å². The van der Waals surface area contributed by atoms with Crippen LogP contribution in [-0.2, 0) is 12.1 Å². The van der Waals surface area contributed by atoms with Crippen LogP contribution in [0.1, 0.15) is 11.5 Å². The molecule has 0 amide bonds. The number of nitrogens with zero attached hydrogens (tertiary/aromatic N) is 2. The number of aromatic nitrogens is 2. The molecule has 0 bridgehead atoms. The van der Waals surface area contributed by atoms with Crippen LogP contribution in [0.4, 0.5) is 17.6 Å². The molecule has 0 saturated heterocycles. The maximum absolute atomic E-state index is 12.9. The molecule has 0 aliphatic carbocycles. The summed E-state index contributed by atoms with van der Waals surface area (Å²) < 4.78 is 51.0. The van der Waals surface area contributed by atoms with E-state index in [9.17, 15) is 17.6 Å². The SMILES string of the molecule is Fc1ccc2c(C(F)(F)F)nc(CCl)nc2c1. The predicted octanol–water partition coefficient (Wildman–Crippen LogP) is 3.53. The molecule has 0 aliphatic rings. The quantitative estimate of drug-likeness (QED) is 0.582. The van der Waals surface area contributed by atoms with Gasteiger partial charge in [0.2, 0.25) is 0 Å². The van der Waals surface area contributed by atoms with E-state index in [1.807, 2.05) is 0 Å². The highest BCUT2D eigenvalue weighted by atomic mass is 35.5. The summed E-state index contributed by atoms with van der Waals surface area (Å²) in [5.74, 6) is -1.11. The van der Waals surface area contributed by atoms with E-state index in [2.05, 4.69) is 9.97 Å². The molecule has 17 heavy (non-hydrogen) atoms. The van der Waals surface area contributed by atoms with Gasteiger partial charge in [-0.25, -0.2) is 14.4 Å². The minimum Gasteiger partial charge on any atom is -0.231 e. The highest BCUT2D eigenvalue weighted by molar-refractivity contribution is 6.16. The third-order valence-electron chi connectivity index (χ3n) is 2.09. The lowest BCUT2D eigenvalue weighted by Crippen LogP contribution is -2.11. The third-order valence-corrected chi connectivity index (χ3v) is 2.33. The van der Waals surface area contributed by atoms with Crippen LogP contribution in [0.15, 0.2) is 18.2 Å². The average Bonchev–Trinajstić information content (AvgIpc) is 2.25. The van der Waals surface area contributed by atoms with Crippen LogP contribution >= 0.6 is 11.6 Å². The van der Waals surface area contributed by atoms with Crippen molar-refractivity contribution < 1.29 is 17.6 Å². The van der Waals surface area contributed by atoms with E-state index in [0.717, 1.165) is 18.2 Å². The summed E-state index contributed by atoms with van der Waals surface area (Å²) >= 11 is 5.40. The molecule has 0 N–H and O–H groups in total. The van der Waals surface area contributed by atoms with Crippen LogP contribution in [0.3, 0.4) is 0 Å². The second-order valence-electron chi connectivity index (χ2n) is 3.28. The van der Waals surface area contributed by atoms with E-state index in [4.69, 9.17) is 11.6 Å². The molecule has 2 aromatic rings. The second-order valence-corrected chi connectivity index (χ2v) is 3.55. The van der Waals surface area contributed by atoms with Crippen LogP contribution in [0.25, 0.3) is 10.9 Å². The third kappa shape index (κ3) is 2.31. The average molecular weight is 265 g/mol. The first-order valence-corrected chi connectivity index (χ1v) is 5.04. The molecule has 0 unspecified atom stereocenters. The summed E-state index contributed by atoms with van der Waals surface area (Å²) in [7, 11) is 0. The fourth-order valence-electron chi connectivity index (χ4n) is 1.43. The smallest absolute Gasteiger partial charge is 0.231 e. The molecule has 0 radical (unpaired) electrons. The number of fused-ring (bicyclic) bond motifs is 1. The summed E-state index contributed by atoms with van der Waals surface area (Å²) in [5, 5.41) is -0.243. The zero-order chi connectivity index (χ0) is 12.6. The van der Waals surface area contributed by atoms with E-state index in [0.29, 0.717) is 0 Å². The maximum atomic E-state index is 12.9. The summed E-state index contributed by atoms with van der Waals surface area (Å²) in [5.41, 5.74) is -1.21. The molecule has 1 aromatic carbocycles. The van der Waals surface area contributed by atoms with Gasteiger partial charge < -0.3 is 0 Å². The van der Waals surface area contributed by atoms with Gasteiger partial charge in [0.15, 0.2) is 5.69 Å².